The molecule has 112 valence electrons. The van der Waals surface area contributed by atoms with E-state index in [1.54, 1.807) is 11.7 Å². The van der Waals surface area contributed by atoms with Gasteiger partial charge in [0, 0.05) is 7.05 Å². The molecule has 1 aromatic heterocycles. The molecular formula is C14H19N5OS. The number of nitrogens with zero attached hydrogens (tertiary/aromatic N) is 4. The van der Waals surface area contributed by atoms with Gasteiger partial charge in [-0.05, 0) is 22.4 Å². The summed E-state index contributed by atoms with van der Waals surface area (Å²) in [6.45, 7) is 2.11. The lowest BCUT2D eigenvalue weighted by Gasteiger charge is -2.18. The highest BCUT2D eigenvalue weighted by Crippen LogP contribution is 2.19. The number of carbonyl (C=O) groups is 1. The van der Waals surface area contributed by atoms with Crippen LogP contribution in [0.2, 0.25) is 0 Å². The highest BCUT2D eigenvalue weighted by molar-refractivity contribution is 7.99. The number of nitrogens with one attached hydrogen (secondary N) is 1. The van der Waals surface area contributed by atoms with Crippen LogP contribution in [0.4, 0.5) is 0 Å². The molecule has 6 nitrogen and oxygen atoms in total. The number of aromatic nitrogens is 4. The molecule has 7 heteroatoms. The molecule has 1 heterocycles. The Bertz CT molecular complexity index is 572. The topological polar surface area (TPSA) is 72.7 Å². The van der Waals surface area contributed by atoms with Crippen molar-refractivity contribution in [3.05, 3.63) is 35.9 Å². The molecule has 2 aromatic rings. The molecule has 0 saturated carbocycles. The maximum absolute atomic E-state index is 12.1. The average molecular weight is 305 g/mol. The van der Waals surface area contributed by atoms with Crippen molar-refractivity contribution in [1.82, 2.24) is 25.5 Å². The van der Waals surface area contributed by atoms with E-state index in [1.807, 2.05) is 30.3 Å². The first kappa shape index (κ1) is 15.5. The van der Waals surface area contributed by atoms with Crippen LogP contribution < -0.4 is 5.32 Å². The molecule has 1 unspecified atom stereocenters. The number of thioether (sulfide) groups is 1. The monoisotopic (exact) mass is 305 g/mol. The summed E-state index contributed by atoms with van der Waals surface area (Å²) in [5, 5.41) is 14.8. The molecule has 0 fully saturated rings. The van der Waals surface area contributed by atoms with Crippen LogP contribution in [0.25, 0.3) is 0 Å². The molecule has 0 aliphatic heterocycles. The summed E-state index contributed by atoms with van der Waals surface area (Å²) >= 11 is 1.33. The zero-order chi connectivity index (χ0) is 15.1. The zero-order valence-electron chi connectivity index (χ0n) is 12.2. The summed E-state index contributed by atoms with van der Waals surface area (Å²) in [4.78, 5) is 12.1. The Kier molecular flexibility index (Phi) is 5.74. The lowest BCUT2D eigenvalue weighted by Crippen LogP contribution is -2.30. The van der Waals surface area contributed by atoms with Gasteiger partial charge >= 0.3 is 0 Å². The summed E-state index contributed by atoms with van der Waals surface area (Å²) in [5.74, 6) is 0.298. The molecule has 0 spiro atoms. The van der Waals surface area contributed by atoms with Crippen LogP contribution in [0.15, 0.2) is 35.5 Å². The highest BCUT2D eigenvalue weighted by atomic mass is 32.2. The first-order valence-electron chi connectivity index (χ1n) is 6.90. The van der Waals surface area contributed by atoms with Crippen LogP contribution in [0, 0.1) is 0 Å². The van der Waals surface area contributed by atoms with E-state index in [0.29, 0.717) is 10.9 Å². The van der Waals surface area contributed by atoms with Crippen LogP contribution in [0.5, 0.6) is 0 Å². The van der Waals surface area contributed by atoms with Crippen molar-refractivity contribution < 1.29 is 4.79 Å². The van der Waals surface area contributed by atoms with E-state index in [9.17, 15) is 4.79 Å². The quantitative estimate of drug-likeness (QED) is 0.792. The molecule has 1 aromatic carbocycles. The number of hydrogen-bond acceptors (Lipinski definition) is 5. The fourth-order valence-electron chi connectivity index (χ4n) is 2.01. The summed E-state index contributed by atoms with van der Waals surface area (Å²) in [7, 11) is 1.75. The van der Waals surface area contributed by atoms with Crippen molar-refractivity contribution in [1.29, 1.82) is 0 Å². The Morgan fingerprint density at radius 3 is 2.76 bits per heavy atom. The van der Waals surface area contributed by atoms with Crippen molar-refractivity contribution in [2.24, 2.45) is 7.05 Å². The van der Waals surface area contributed by atoms with Crippen LogP contribution in [0.3, 0.4) is 0 Å². The van der Waals surface area contributed by atoms with Gasteiger partial charge in [0.15, 0.2) is 0 Å². The SMILES string of the molecule is CCCC(NC(=O)CSc1nnnn1C)c1ccccc1. The van der Waals surface area contributed by atoms with Crippen molar-refractivity contribution in [2.75, 3.05) is 5.75 Å². The van der Waals surface area contributed by atoms with Gasteiger partial charge in [-0.25, -0.2) is 4.68 Å². The average Bonchev–Trinajstić information content (AvgIpc) is 2.91. The maximum Gasteiger partial charge on any atom is 0.230 e. The lowest BCUT2D eigenvalue weighted by molar-refractivity contribution is -0.119. The van der Waals surface area contributed by atoms with Crippen LogP contribution in [0.1, 0.15) is 31.4 Å². The van der Waals surface area contributed by atoms with Gasteiger partial charge in [0.25, 0.3) is 0 Å². The van der Waals surface area contributed by atoms with Crippen molar-refractivity contribution in [3.8, 4) is 0 Å². The first-order chi connectivity index (χ1) is 10.2. The molecule has 0 aliphatic carbocycles. The van der Waals surface area contributed by atoms with Crippen molar-refractivity contribution >= 4 is 17.7 Å². The molecule has 2 rings (SSSR count). The fourth-order valence-corrected chi connectivity index (χ4v) is 2.67. The Hall–Kier alpha value is -1.89. The molecular weight excluding hydrogens is 286 g/mol. The van der Waals surface area contributed by atoms with Gasteiger partial charge in [0.2, 0.25) is 11.1 Å². The Morgan fingerprint density at radius 1 is 1.38 bits per heavy atom. The second kappa shape index (κ2) is 7.78. The van der Waals surface area contributed by atoms with E-state index < -0.39 is 0 Å². The summed E-state index contributed by atoms with van der Waals surface area (Å²) in [6.07, 6.45) is 1.94. The fraction of sp³-hybridized carbons (Fsp3) is 0.429. The second-order valence-electron chi connectivity index (χ2n) is 4.69. The summed E-state index contributed by atoms with van der Waals surface area (Å²) < 4.78 is 1.55. The lowest BCUT2D eigenvalue weighted by atomic mass is 10.0. The van der Waals surface area contributed by atoms with E-state index in [-0.39, 0.29) is 11.9 Å². The summed E-state index contributed by atoms with van der Waals surface area (Å²) in [5.41, 5.74) is 1.14. The first-order valence-corrected chi connectivity index (χ1v) is 7.88. The zero-order valence-corrected chi connectivity index (χ0v) is 13.0. The number of carbonyl (C=O) groups excluding carboxylic acids is 1. The van der Waals surface area contributed by atoms with Crippen LogP contribution >= 0.6 is 11.8 Å². The van der Waals surface area contributed by atoms with Crippen LogP contribution in [-0.4, -0.2) is 31.9 Å². The third-order valence-corrected chi connectivity index (χ3v) is 4.04. The summed E-state index contributed by atoms with van der Waals surface area (Å²) in [6, 6.07) is 10.1. The van der Waals surface area contributed by atoms with Gasteiger partial charge in [-0.3, -0.25) is 4.79 Å². The predicted octanol–water partition coefficient (Wildman–Crippen LogP) is 1.96. The van der Waals surface area contributed by atoms with E-state index >= 15 is 0 Å². The second-order valence-corrected chi connectivity index (χ2v) is 5.64. The smallest absolute Gasteiger partial charge is 0.230 e. The number of benzene rings is 1. The number of hydrogen-bond donors (Lipinski definition) is 1. The molecule has 0 radical (unpaired) electrons. The number of amides is 1. The molecule has 0 saturated heterocycles. The van der Waals surface area contributed by atoms with E-state index in [2.05, 4.69) is 27.8 Å². The van der Waals surface area contributed by atoms with Gasteiger partial charge in [0.05, 0.1) is 11.8 Å². The standard InChI is InChI=1S/C14H19N5OS/c1-3-7-12(11-8-5-4-6-9-11)15-13(20)10-21-14-16-17-18-19(14)2/h4-6,8-9,12H,3,7,10H2,1-2H3,(H,15,20). The van der Waals surface area contributed by atoms with E-state index in [1.165, 1.54) is 11.8 Å². The molecule has 1 amide bonds. The molecule has 1 atom stereocenters. The van der Waals surface area contributed by atoms with E-state index in [4.69, 9.17) is 0 Å². The minimum absolute atomic E-state index is 0.00898. The molecule has 21 heavy (non-hydrogen) atoms. The van der Waals surface area contributed by atoms with Crippen molar-refractivity contribution in [3.63, 3.8) is 0 Å². The number of aryl methyl sites for hydroxylation is 1. The van der Waals surface area contributed by atoms with E-state index in [0.717, 1.165) is 18.4 Å². The molecule has 0 aliphatic rings. The highest BCUT2D eigenvalue weighted by Gasteiger charge is 2.14. The third-order valence-electron chi connectivity index (χ3n) is 3.03. The maximum atomic E-state index is 12.1. The van der Waals surface area contributed by atoms with Crippen LogP contribution in [-0.2, 0) is 11.8 Å². The molecule has 1 N–H and O–H groups in total. The minimum Gasteiger partial charge on any atom is -0.349 e. The van der Waals surface area contributed by atoms with Gasteiger partial charge in [-0.2, -0.15) is 0 Å². The van der Waals surface area contributed by atoms with Crippen molar-refractivity contribution in [2.45, 2.75) is 31.0 Å². The molecule has 0 bridgehead atoms. The number of rotatable bonds is 7. The normalized spacial score (nSPS) is 12.1. The Balaban J connectivity index is 1.91. The largest absolute Gasteiger partial charge is 0.349 e. The predicted molar refractivity (Wildman–Crippen MR) is 81.8 cm³/mol. The third kappa shape index (κ3) is 4.56. The number of tetrazole rings is 1. The Morgan fingerprint density at radius 2 is 2.14 bits per heavy atom. The van der Waals surface area contributed by atoms with Gasteiger partial charge in [0.1, 0.15) is 0 Å². The van der Waals surface area contributed by atoms with Gasteiger partial charge < -0.3 is 5.32 Å². The van der Waals surface area contributed by atoms with Gasteiger partial charge in [-0.15, -0.1) is 5.10 Å². The minimum atomic E-state index is -0.00898. The Labute approximate surface area is 128 Å². The van der Waals surface area contributed by atoms with Gasteiger partial charge in [-0.1, -0.05) is 55.4 Å².